The highest BCUT2D eigenvalue weighted by Crippen LogP contribution is 2.37. The summed E-state index contributed by atoms with van der Waals surface area (Å²) in [6.07, 6.45) is -5.39. The van der Waals surface area contributed by atoms with E-state index in [1.54, 1.807) is 0 Å². The second-order valence-electron chi connectivity index (χ2n) is 2.83. The van der Waals surface area contributed by atoms with Crippen LogP contribution in [0.5, 0.6) is 5.88 Å². The van der Waals surface area contributed by atoms with Crippen LogP contribution in [0.1, 0.15) is 0 Å². The zero-order valence-electron chi connectivity index (χ0n) is 8.31. The zero-order valence-corrected chi connectivity index (χ0v) is 9.88. The molecule has 13 heteroatoms. The lowest BCUT2D eigenvalue weighted by molar-refractivity contribution is -0.391. The molecule has 0 N–H and O–H groups in total. The molecule has 19 heavy (non-hydrogen) atoms. The predicted molar refractivity (Wildman–Crippen MR) is 50.6 cm³/mol. The summed E-state index contributed by atoms with van der Waals surface area (Å²) in [5.74, 6) is -3.52. The van der Waals surface area contributed by atoms with Crippen molar-refractivity contribution >= 4 is 25.4 Å². The van der Waals surface area contributed by atoms with E-state index in [0.29, 0.717) is 0 Å². The number of ether oxygens (including phenoxy) is 1. The minimum atomic E-state index is -5.39. The first-order valence-corrected chi connectivity index (χ1v) is 6.27. The molecule has 0 aromatic carbocycles. The molecule has 0 amide bonds. The molecule has 1 heterocycles. The minimum Gasteiger partial charge on any atom is -0.386 e. The van der Waals surface area contributed by atoms with Gasteiger partial charge in [-0.2, -0.15) is 4.39 Å². The molecule has 7 nitrogen and oxygen atoms in total. The van der Waals surface area contributed by atoms with Gasteiger partial charge in [0.05, 0.1) is 11.1 Å². The summed E-state index contributed by atoms with van der Waals surface area (Å²) < 4.78 is 74.2. The van der Waals surface area contributed by atoms with Gasteiger partial charge in [0.15, 0.2) is 0 Å². The Labute approximate surface area is 106 Å². The zero-order chi connectivity index (χ0) is 15.0. The van der Waals surface area contributed by atoms with Crippen molar-refractivity contribution in [2.75, 3.05) is 0 Å². The predicted octanol–water partition coefficient (Wildman–Crippen LogP) is 1.96. The molecule has 1 aromatic heterocycles. The second-order valence-corrected chi connectivity index (χ2v) is 5.33. The topological polar surface area (TPSA) is 99.4 Å². The maximum absolute atomic E-state index is 13.1. The number of hydrogen-bond donors (Lipinski definition) is 0. The van der Waals surface area contributed by atoms with Gasteiger partial charge in [-0.3, -0.25) is 10.1 Å². The number of aromatic nitrogens is 1. The monoisotopic (exact) mass is 324 g/mol. The van der Waals surface area contributed by atoms with E-state index in [-0.39, 0.29) is 6.20 Å². The summed E-state index contributed by atoms with van der Waals surface area (Å²) in [5, 5.41) is 10.5. The Bertz CT molecular complexity index is 631. The number of alkyl halides is 3. The van der Waals surface area contributed by atoms with Crippen LogP contribution in [0, 0.1) is 15.9 Å². The summed E-state index contributed by atoms with van der Waals surface area (Å²) in [6.45, 7) is 0. The Morgan fingerprint density at radius 1 is 1.42 bits per heavy atom. The molecule has 0 aliphatic heterocycles. The van der Waals surface area contributed by atoms with Gasteiger partial charge in [-0.1, -0.05) is 0 Å². The van der Waals surface area contributed by atoms with Crippen LogP contribution in [-0.2, 0) is 9.05 Å². The van der Waals surface area contributed by atoms with Crippen LogP contribution in [0.3, 0.4) is 0 Å². The molecule has 0 unspecified atom stereocenters. The third-order valence-corrected chi connectivity index (χ3v) is 2.89. The van der Waals surface area contributed by atoms with E-state index >= 15 is 0 Å². The van der Waals surface area contributed by atoms with Gasteiger partial charge in [0.1, 0.15) is 0 Å². The fourth-order valence-corrected chi connectivity index (χ4v) is 2.14. The Morgan fingerprint density at radius 2 is 1.95 bits per heavy atom. The average Bonchev–Trinajstić information content (AvgIpc) is 2.15. The van der Waals surface area contributed by atoms with Crippen LogP contribution in [0.2, 0.25) is 0 Å². The van der Waals surface area contributed by atoms with Gasteiger partial charge in [-0.05, 0) is 0 Å². The maximum Gasteiger partial charge on any atom is 0.574 e. The molecule has 106 valence electrons. The number of rotatable bonds is 3. The van der Waals surface area contributed by atoms with E-state index < -0.39 is 42.6 Å². The van der Waals surface area contributed by atoms with Crippen molar-refractivity contribution in [2.24, 2.45) is 0 Å². The molecule has 0 radical (unpaired) electrons. The summed E-state index contributed by atoms with van der Waals surface area (Å²) in [6, 6.07) is 0. The van der Waals surface area contributed by atoms with Crippen LogP contribution in [-0.4, -0.2) is 24.7 Å². The number of nitrogens with zero attached hydrogens (tertiary/aromatic N) is 2. The highest BCUT2D eigenvalue weighted by Gasteiger charge is 2.40. The van der Waals surface area contributed by atoms with Crippen LogP contribution in [0.15, 0.2) is 11.1 Å². The third kappa shape index (κ3) is 3.64. The fourth-order valence-electron chi connectivity index (χ4n) is 1.02. The molecule has 0 spiro atoms. The van der Waals surface area contributed by atoms with Crippen LogP contribution < -0.4 is 4.74 Å². The van der Waals surface area contributed by atoms with E-state index in [9.17, 15) is 36.1 Å². The van der Waals surface area contributed by atoms with Gasteiger partial charge in [0.25, 0.3) is 9.05 Å². The van der Waals surface area contributed by atoms with E-state index in [0.717, 1.165) is 0 Å². The number of nitro groups is 1. The summed E-state index contributed by atoms with van der Waals surface area (Å²) in [5.41, 5.74) is -1.79. The standard InChI is InChI=1S/C6HClF4N2O5S/c7-19(16,17)4-3(13(14)15)2(8)1-12-5(4)18-6(9,10)11/h1H. The molecule has 1 aromatic rings. The van der Waals surface area contributed by atoms with Gasteiger partial charge in [0.2, 0.25) is 16.6 Å². The number of hydrogen-bond acceptors (Lipinski definition) is 6. The minimum absolute atomic E-state index is 0.00474. The number of pyridine rings is 1. The van der Waals surface area contributed by atoms with Crippen molar-refractivity contribution in [3.63, 3.8) is 0 Å². The first-order chi connectivity index (χ1) is 8.43. The first-order valence-electron chi connectivity index (χ1n) is 3.97. The smallest absolute Gasteiger partial charge is 0.386 e. The van der Waals surface area contributed by atoms with Crippen molar-refractivity contribution < 1.29 is 35.6 Å². The lowest BCUT2D eigenvalue weighted by atomic mass is 10.4. The highest BCUT2D eigenvalue weighted by atomic mass is 35.7. The van der Waals surface area contributed by atoms with Crippen LogP contribution >= 0.6 is 10.7 Å². The van der Waals surface area contributed by atoms with Crippen molar-refractivity contribution in [1.82, 2.24) is 4.98 Å². The van der Waals surface area contributed by atoms with Crippen molar-refractivity contribution in [3.8, 4) is 5.88 Å². The molecular weight excluding hydrogens is 324 g/mol. The van der Waals surface area contributed by atoms with Gasteiger partial charge < -0.3 is 4.74 Å². The van der Waals surface area contributed by atoms with Gasteiger partial charge in [0, 0.05) is 10.7 Å². The molecular formula is C6HClF4N2O5S. The third-order valence-electron chi connectivity index (χ3n) is 1.57. The maximum atomic E-state index is 13.1. The van der Waals surface area contributed by atoms with E-state index in [4.69, 9.17) is 10.7 Å². The highest BCUT2D eigenvalue weighted by molar-refractivity contribution is 8.14. The molecule has 0 aliphatic rings. The van der Waals surface area contributed by atoms with E-state index in [1.165, 1.54) is 0 Å². The summed E-state index contributed by atoms with van der Waals surface area (Å²) in [4.78, 5) is 9.80. The van der Waals surface area contributed by atoms with Gasteiger partial charge in [-0.25, -0.2) is 13.4 Å². The first kappa shape index (κ1) is 15.4. The Balaban J connectivity index is 3.67. The van der Waals surface area contributed by atoms with E-state index in [2.05, 4.69) is 9.72 Å². The largest absolute Gasteiger partial charge is 0.574 e. The van der Waals surface area contributed by atoms with Crippen LogP contribution in [0.25, 0.3) is 0 Å². The normalized spacial score (nSPS) is 12.3. The van der Waals surface area contributed by atoms with Crippen molar-refractivity contribution in [1.29, 1.82) is 0 Å². The van der Waals surface area contributed by atoms with Gasteiger partial charge >= 0.3 is 12.0 Å². The fraction of sp³-hybridized carbons (Fsp3) is 0.167. The lowest BCUT2D eigenvalue weighted by Crippen LogP contribution is -2.20. The number of halogens is 5. The quantitative estimate of drug-likeness (QED) is 0.365. The lowest BCUT2D eigenvalue weighted by Gasteiger charge is -2.10. The van der Waals surface area contributed by atoms with E-state index in [1.807, 2.05) is 0 Å². The summed E-state index contributed by atoms with van der Waals surface area (Å²) in [7, 11) is -0.373. The second kappa shape index (κ2) is 4.77. The Morgan fingerprint density at radius 3 is 2.32 bits per heavy atom. The Hall–Kier alpha value is -1.69. The van der Waals surface area contributed by atoms with Crippen molar-refractivity contribution in [3.05, 3.63) is 22.1 Å². The van der Waals surface area contributed by atoms with Gasteiger partial charge in [-0.15, -0.1) is 13.2 Å². The SMILES string of the molecule is O=[N+]([O-])c1c(F)cnc(OC(F)(F)F)c1S(=O)(=O)Cl. The summed E-state index contributed by atoms with van der Waals surface area (Å²) >= 11 is 0. The molecule has 0 fully saturated rings. The molecule has 1 rings (SSSR count). The van der Waals surface area contributed by atoms with Crippen LogP contribution in [0.4, 0.5) is 23.2 Å². The Kier molecular flexibility index (Phi) is 3.86. The molecule has 0 saturated carbocycles. The molecule has 0 aliphatic carbocycles. The molecule has 0 atom stereocenters. The average molecular weight is 325 g/mol. The van der Waals surface area contributed by atoms with Crippen molar-refractivity contribution in [2.45, 2.75) is 11.3 Å². The molecule has 0 bridgehead atoms. The molecule has 0 saturated heterocycles.